The van der Waals surface area contributed by atoms with Gasteiger partial charge in [-0.25, -0.2) is 4.98 Å². The lowest BCUT2D eigenvalue weighted by Crippen LogP contribution is -1.94. The van der Waals surface area contributed by atoms with Crippen LogP contribution in [0.5, 0.6) is 0 Å². The Kier molecular flexibility index (Phi) is 6.71. The van der Waals surface area contributed by atoms with Crippen molar-refractivity contribution in [3.63, 3.8) is 0 Å². The molecule has 3 heterocycles. The maximum Gasteiger partial charge on any atom is 0.0722 e. The topological polar surface area (TPSA) is 17.8 Å². The van der Waals surface area contributed by atoms with Crippen molar-refractivity contribution in [2.45, 2.75) is 0 Å². The van der Waals surface area contributed by atoms with Gasteiger partial charge in [-0.3, -0.25) is 0 Å². The fraction of sp³-hybridized carbons (Fsp3) is 0. The third-order valence-corrected chi connectivity index (χ3v) is 11.0. The van der Waals surface area contributed by atoms with Crippen molar-refractivity contribution < 1.29 is 0 Å². The van der Waals surface area contributed by atoms with E-state index in [0.717, 1.165) is 33.8 Å². The van der Waals surface area contributed by atoms with Crippen molar-refractivity contribution in [1.82, 2.24) is 9.55 Å². The predicted octanol–water partition coefficient (Wildman–Crippen LogP) is 13.2. The first kappa shape index (κ1) is 28.7. The van der Waals surface area contributed by atoms with Crippen molar-refractivity contribution in [3.8, 4) is 50.5 Å². The van der Waals surface area contributed by atoms with Gasteiger partial charge < -0.3 is 4.57 Å². The van der Waals surface area contributed by atoms with Crippen LogP contribution in [-0.4, -0.2) is 9.55 Å². The first-order valence-electron chi connectivity index (χ1n) is 17.0. The van der Waals surface area contributed by atoms with Crippen LogP contribution in [0.15, 0.2) is 182 Å². The molecule has 10 rings (SSSR count). The van der Waals surface area contributed by atoms with Crippen LogP contribution in [-0.2, 0) is 0 Å². The Morgan fingerprint density at radius 1 is 0.400 bits per heavy atom. The number of hydrogen-bond donors (Lipinski definition) is 0. The molecule has 0 aliphatic rings. The number of thiophene rings is 1. The minimum atomic E-state index is 0.956. The molecule has 0 saturated heterocycles. The minimum Gasteiger partial charge on any atom is -0.309 e. The lowest BCUT2D eigenvalue weighted by molar-refractivity contribution is 1.18. The summed E-state index contributed by atoms with van der Waals surface area (Å²) in [7, 11) is 0. The van der Waals surface area contributed by atoms with E-state index in [4.69, 9.17) is 4.98 Å². The van der Waals surface area contributed by atoms with Crippen molar-refractivity contribution in [3.05, 3.63) is 182 Å². The molecule has 0 fully saturated rings. The Hall–Kier alpha value is -6.29. The molecule has 234 valence electrons. The van der Waals surface area contributed by atoms with Crippen LogP contribution in [0, 0.1) is 0 Å². The van der Waals surface area contributed by atoms with Gasteiger partial charge in [0.05, 0.1) is 22.4 Å². The van der Waals surface area contributed by atoms with E-state index >= 15 is 0 Å². The molecule has 0 aliphatic carbocycles. The normalized spacial score (nSPS) is 11.6. The Bertz CT molecular complexity index is 2860. The summed E-state index contributed by atoms with van der Waals surface area (Å²) in [5.41, 5.74) is 12.4. The average Bonchev–Trinajstić information content (AvgIpc) is 3.75. The molecule has 0 aliphatic heterocycles. The van der Waals surface area contributed by atoms with Crippen LogP contribution in [0.25, 0.3) is 92.4 Å². The number of nitrogens with zero attached hydrogens (tertiary/aromatic N) is 2. The average molecular weight is 655 g/mol. The lowest BCUT2D eigenvalue weighted by Gasteiger charge is -2.13. The summed E-state index contributed by atoms with van der Waals surface area (Å²) in [6.07, 6.45) is 0. The summed E-state index contributed by atoms with van der Waals surface area (Å²) in [5, 5.41) is 5.02. The van der Waals surface area contributed by atoms with Gasteiger partial charge in [0.15, 0.2) is 0 Å². The van der Waals surface area contributed by atoms with Crippen molar-refractivity contribution in [2.24, 2.45) is 0 Å². The van der Waals surface area contributed by atoms with Gasteiger partial charge in [-0.05, 0) is 70.8 Å². The molecule has 0 spiro atoms. The van der Waals surface area contributed by atoms with Crippen LogP contribution in [0.3, 0.4) is 0 Å². The second-order valence-corrected chi connectivity index (χ2v) is 13.8. The molecule has 0 saturated carbocycles. The largest absolute Gasteiger partial charge is 0.309 e. The standard InChI is InChI=1S/C47H30N2S/c1-3-14-31(15-4-1)32-16-11-17-33(28-32)41-29-34(36-22-12-23-38-37-20-8-10-27-45(37)50-47(36)38)30-42(48-41)39-24-13-26-44-46(39)40-21-7-9-25-43(40)49(44)35-18-5-2-6-19-35/h1-30H. The predicted molar refractivity (Wildman–Crippen MR) is 213 cm³/mol. The quantitative estimate of drug-likeness (QED) is 0.181. The van der Waals surface area contributed by atoms with Gasteiger partial charge in [-0.2, -0.15) is 0 Å². The fourth-order valence-electron chi connectivity index (χ4n) is 7.52. The van der Waals surface area contributed by atoms with E-state index in [0.29, 0.717) is 0 Å². The second-order valence-electron chi connectivity index (χ2n) is 12.7. The Morgan fingerprint density at radius 2 is 1.02 bits per heavy atom. The van der Waals surface area contributed by atoms with Gasteiger partial charge in [0.1, 0.15) is 0 Å². The number of rotatable bonds is 5. The van der Waals surface area contributed by atoms with Crippen molar-refractivity contribution in [2.75, 3.05) is 0 Å². The highest BCUT2D eigenvalue weighted by Crippen LogP contribution is 2.43. The summed E-state index contributed by atoms with van der Waals surface area (Å²) >= 11 is 1.87. The molecule has 3 aromatic heterocycles. The van der Waals surface area contributed by atoms with Crippen LogP contribution < -0.4 is 0 Å². The van der Waals surface area contributed by atoms with Gasteiger partial charge in [-0.1, -0.05) is 133 Å². The number of fused-ring (bicyclic) bond motifs is 6. The number of pyridine rings is 1. The summed E-state index contributed by atoms with van der Waals surface area (Å²) in [4.78, 5) is 5.49. The number of para-hydroxylation sites is 2. The number of hydrogen-bond acceptors (Lipinski definition) is 2. The van der Waals surface area contributed by atoms with E-state index in [1.54, 1.807) is 0 Å². The highest BCUT2D eigenvalue weighted by Gasteiger charge is 2.19. The third kappa shape index (κ3) is 4.67. The fourth-order valence-corrected chi connectivity index (χ4v) is 8.76. The molecular weight excluding hydrogens is 625 g/mol. The van der Waals surface area contributed by atoms with Gasteiger partial charge in [0, 0.05) is 47.8 Å². The molecule has 0 N–H and O–H groups in total. The molecule has 0 bridgehead atoms. The van der Waals surface area contributed by atoms with E-state index < -0.39 is 0 Å². The Labute approximate surface area is 294 Å². The summed E-state index contributed by atoms with van der Waals surface area (Å²) < 4.78 is 4.98. The molecular formula is C47H30N2S. The van der Waals surface area contributed by atoms with Gasteiger partial charge >= 0.3 is 0 Å². The zero-order chi connectivity index (χ0) is 33.0. The highest BCUT2D eigenvalue weighted by atomic mass is 32.1. The molecule has 0 radical (unpaired) electrons. The van der Waals surface area contributed by atoms with E-state index in [2.05, 4.69) is 187 Å². The maximum atomic E-state index is 5.49. The van der Waals surface area contributed by atoms with Crippen molar-refractivity contribution >= 4 is 53.3 Å². The molecule has 3 heteroatoms. The SMILES string of the molecule is c1ccc(-c2cccc(-c3cc(-c4cccc5c4sc4ccccc45)cc(-c4cccc5c4c4ccccc4n5-c4ccccc4)n3)c2)cc1. The van der Waals surface area contributed by atoms with Crippen LogP contribution >= 0.6 is 11.3 Å². The molecule has 7 aromatic carbocycles. The van der Waals surface area contributed by atoms with E-state index in [1.165, 1.54) is 58.7 Å². The number of aromatic nitrogens is 2. The third-order valence-electron chi connectivity index (χ3n) is 9.79. The van der Waals surface area contributed by atoms with Crippen molar-refractivity contribution in [1.29, 1.82) is 0 Å². The Balaban J connectivity index is 1.26. The van der Waals surface area contributed by atoms with Gasteiger partial charge in [-0.15, -0.1) is 11.3 Å². The molecule has 2 nitrogen and oxygen atoms in total. The molecule has 0 amide bonds. The number of benzene rings is 7. The zero-order valence-corrected chi connectivity index (χ0v) is 27.9. The first-order valence-corrected chi connectivity index (χ1v) is 17.8. The lowest BCUT2D eigenvalue weighted by atomic mass is 9.96. The molecule has 10 aromatic rings. The maximum absolute atomic E-state index is 5.49. The molecule has 0 atom stereocenters. The highest BCUT2D eigenvalue weighted by molar-refractivity contribution is 7.26. The summed E-state index contributed by atoms with van der Waals surface area (Å²) in [5.74, 6) is 0. The monoisotopic (exact) mass is 654 g/mol. The van der Waals surface area contributed by atoms with Gasteiger partial charge in [0.2, 0.25) is 0 Å². The van der Waals surface area contributed by atoms with E-state index in [-0.39, 0.29) is 0 Å². The smallest absolute Gasteiger partial charge is 0.0722 e. The summed E-state index contributed by atoms with van der Waals surface area (Å²) in [6.45, 7) is 0. The van der Waals surface area contributed by atoms with E-state index in [9.17, 15) is 0 Å². The van der Waals surface area contributed by atoms with Crippen LogP contribution in [0.1, 0.15) is 0 Å². The molecule has 50 heavy (non-hydrogen) atoms. The van der Waals surface area contributed by atoms with Crippen LogP contribution in [0.2, 0.25) is 0 Å². The van der Waals surface area contributed by atoms with E-state index in [1.807, 2.05) is 11.3 Å². The summed E-state index contributed by atoms with van der Waals surface area (Å²) in [6, 6.07) is 65.4. The minimum absolute atomic E-state index is 0.956. The first-order chi connectivity index (χ1) is 24.8. The Morgan fingerprint density at radius 3 is 1.90 bits per heavy atom. The van der Waals surface area contributed by atoms with Crippen LogP contribution in [0.4, 0.5) is 0 Å². The molecule has 0 unspecified atom stereocenters. The second kappa shape index (κ2) is 11.7. The zero-order valence-electron chi connectivity index (χ0n) is 27.1. The van der Waals surface area contributed by atoms with Gasteiger partial charge in [0.25, 0.3) is 0 Å².